The van der Waals surface area contributed by atoms with Gasteiger partial charge in [0.05, 0.1) is 14.2 Å². The van der Waals surface area contributed by atoms with E-state index in [0.29, 0.717) is 35.4 Å². The van der Waals surface area contributed by atoms with Gasteiger partial charge in [-0.3, -0.25) is 4.79 Å². The molecule has 1 N–H and O–H groups in total. The summed E-state index contributed by atoms with van der Waals surface area (Å²) in [6.45, 7) is 3.43. The zero-order valence-electron chi connectivity index (χ0n) is 19.1. The number of carbonyl (C=O) groups is 1. The van der Waals surface area contributed by atoms with Gasteiger partial charge in [-0.25, -0.2) is 0 Å². The second-order valence-corrected chi connectivity index (χ2v) is 9.08. The molecule has 0 saturated carbocycles. The number of carbonyl (C=O) groups excluding carboxylic acids is 1. The molecule has 1 atom stereocenters. The first-order chi connectivity index (χ1) is 16.1. The lowest BCUT2D eigenvalue weighted by atomic mass is 10.2. The summed E-state index contributed by atoms with van der Waals surface area (Å²) >= 11 is 1.86. The maximum atomic E-state index is 12.7. The molecule has 4 rings (SSSR count). The Morgan fingerprint density at radius 1 is 0.970 bits per heavy atom. The summed E-state index contributed by atoms with van der Waals surface area (Å²) in [6, 6.07) is 24.1. The van der Waals surface area contributed by atoms with Crippen LogP contribution in [-0.2, 0) is 6.54 Å². The first-order valence-corrected chi connectivity index (χ1v) is 11.8. The predicted octanol–water partition coefficient (Wildman–Crippen LogP) is 5.94. The Kier molecular flexibility index (Phi) is 7.25. The first kappa shape index (κ1) is 22.8. The molecule has 0 unspecified atom stereocenters. The largest absolute Gasteiger partial charge is 0.493 e. The third-order valence-corrected chi connectivity index (χ3v) is 6.81. The standard InChI is InChI=1S/C27H28N2O3S/c1-19(20-9-5-4-6-10-20)33-26-18-29(23-12-8-7-11-22(23)26)16-15-28-27(30)21-13-14-24(31-2)25(17-21)32-3/h4-14,17-19H,15-16H2,1-3H3,(H,28,30)/t19-/m1/s1. The summed E-state index contributed by atoms with van der Waals surface area (Å²) < 4.78 is 12.8. The molecule has 5 nitrogen and oxygen atoms in total. The van der Waals surface area contributed by atoms with Crippen molar-refractivity contribution in [2.24, 2.45) is 0 Å². The molecule has 3 aromatic carbocycles. The fraction of sp³-hybridized carbons (Fsp3) is 0.222. The van der Waals surface area contributed by atoms with Gasteiger partial charge in [0, 0.05) is 45.9 Å². The zero-order chi connectivity index (χ0) is 23.2. The molecule has 1 amide bonds. The number of amides is 1. The van der Waals surface area contributed by atoms with Crippen LogP contribution in [0.5, 0.6) is 11.5 Å². The van der Waals surface area contributed by atoms with Crippen LogP contribution < -0.4 is 14.8 Å². The number of benzene rings is 3. The lowest BCUT2D eigenvalue weighted by molar-refractivity contribution is 0.0952. The van der Waals surface area contributed by atoms with Crippen LogP contribution in [0.15, 0.2) is 83.9 Å². The summed E-state index contributed by atoms with van der Waals surface area (Å²) in [5, 5.41) is 4.59. The second kappa shape index (κ2) is 10.5. The summed E-state index contributed by atoms with van der Waals surface area (Å²) in [7, 11) is 3.14. The lowest BCUT2D eigenvalue weighted by Crippen LogP contribution is -2.27. The molecule has 0 fully saturated rings. The molecule has 170 valence electrons. The van der Waals surface area contributed by atoms with Crippen molar-refractivity contribution >= 4 is 28.6 Å². The van der Waals surface area contributed by atoms with Gasteiger partial charge >= 0.3 is 0 Å². The maximum Gasteiger partial charge on any atom is 0.251 e. The highest BCUT2D eigenvalue weighted by Gasteiger charge is 2.14. The van der Waals surface area contributed by atoms with E-state index in [1.165, 1.54) is 21.4 Å². The molecular formula is C27H28N2O3S. The van der Waals surface area contributed by atoms with Crippen molar-refractivity contribution in [1.82, 2.24) is 9.88 Å². The van der Waals surface area contributed by atoms with E-state index in [1.54, 1.807) is 32.4 Å². The predicted molar refractivity (Wildman–Crippen MR) is 135 cm³/mol. The molecule has 0 bridgehead atoms. The number of hydrogen-bond acceptors (Lipinski definition) is 4. The first-order valence-electron chi connectivity index (χ1n) is 10.9. The van der Waals surface area contributed by atoms with Crippen molar-refractivity contribution in [3.05, 3.63) is 90.1 Å². The van der Waals surface area contributed by atoms with Crippen LogP contribution in [0.2, 0.25) is 0 Å². The summed E-state index contributed by atoms with van der Waals surface area (Å²) in [5.74, 6) is 0.998. The van der Waals surface area contributed by atoms with Gasteiger partial charge in [-0.1, -0.05) is 48.5 Å². The van der Waals surface area contributed by atoms with Crippen LogP contribution in [0.1, 0.15) is 28.1 Å². The Morgan fingerprint density at radius 3 is 2.45 bits per heavy atom. The van der Waals surface area contributed by atoms with E-state index in [1.807, 2.05) is 17.8 Å². The fourth-order valence-corrected chi connectivity index (χ4v) is 5.01. The van der Waals surface area contributed by atoms with E-state index in [9.17, 15) is 4.79 Å². The van der Waals surface area contributed by atoms with E-state index in [0.717, 1.165) is 0 Å². The monoisotopic (exact) mass is 460 g/mol. The summed E-state index contributed by atoms with van der Waals surface area (Å²) in [4.78, 5) is 13.9. The molecular weight excluding hydrogens is 432 g/mol. The van der Waals surface area contributed by atoms with E-state index in [-0.39, 0.29) is 5.91 Å². The number of hydrogen-bond donors (Lipinski definition) is 1. The SMILES string of the molecule is COc1ccc(C(=O)NCCn2cc(S[C@H](C)c3ccccc3)c3ccccc32)cc1OC. The van der Waals surface area contributed by atoms with Crippen molar-refractivity contribution in [3.63, 3.8) is 0 Å². The van der Waals surface area contributed by atoms with Gasteiger partial charge in [0.15, 0.2) is 11.5 Å². The van der Waals surface area contributed by atoms with Crippen LogP contribution in [0, 0.1) is 0 Å². The van der Waals surface area contributed by atoms with Crippen molar-refractivity contribution in [3.8, 4) is 11.5 Å². The molecule has 0 radical (unpaired) electrons. The van der Waals surface area contributed by atoms with Crippen molar-refractivity contribution < 1.29 is 14.3 Å². The molecule has 4 aromatic rings. The van der Waals surface area contributed by atoms with Gasteiger partial charge in [-0.15, -0.1) is 11.8 Å². The normalized spacial score (nSPS) is 11.8. The van der Waals surface area contributed by atoms with Crippen LogP contribution in [0.25, 0.3) is 10.9 Å². The third kappa shape index (κ3) is 5.17. The molecule has 0 aliphatic heterocycles. The number of para-hydroxylation sites is 1. The smallest absolute Gasteiger partial charge is 0.251 e. The maximum absolute atomic E-state index is 12.7. The van der Waals surface area contributed by atoms with E-state index < -0.39 is 0 Å². The van der Waals surface area contributed by atoms with E-state index in [2.05, 4.69) is 71.5 Å². The van der Waals surface area contributed by atoms with Crippen molar-refractivity contribution in [2.75, 3.05) is 20.8 Å². The molecule has 33 heavy (non-hydrogen) atoms. The van der Waals surface area contributed by atoms with Crippen LogP contribution in [0.4, 0.5) is 0 Å². The number of nitrogens with one attached hydrogen (secondary N) is 1. The lowest BCUT2D eigenvalue weighted by Gasteiger charge is -2.11. The van der Waals surface area contributed by atoms with Crippen LogP contribution in [0.3, 0.4) is 0 Å². The Bertz CT molecular complexity index is 1240. The van der Waals surface area contributed by atoms with Crippen molar-refractivity contribution in [1.29, 1.82) is 0 Å². The van der Waals surface area contributed by atoms with E-state index in [4.69, 9.17) is 9.47 Å². The molecule has 0 saturated heterocycles. The highest BCUT2D eigenvalue weighted by Crippen LogP contribution is 2.39. The highest BCUT2D eigenvalue weighted by molar-refractivity contribution is 7.99. The number of rotatable bonds is 9. The Hall–Kier alpha value is -3.38. The Morgan fingerprint density at radius 2 is 1.70 bits per heavy atom. The van der Waals surface area contributed by atoms with Gasteiger partial charge in [0.1, 0.15) is 0 Å². The minimum absolute atomic E-state index is 0.139. The van der Waals surface area contributed by atoms with E-state index >= 15 is 0 Å². The number of nitrogens with zero attached hydrogens (tertiary/aromatic N) is 1. The molecule has 6 heteroatoms. The zero-order valence-corrected chi connectivity index (χ0v) is 19.9. The average Bonchev–Trinajstić information content (AvgIpc) is 3.21. The highest BCUT2D eigenvalue weighted by atomic mass is 32.2. The topological polar surface area (TPSA) is 52.5 Å². The number of thioether (sulfide) groups is 1. The minimum Gasteiger partial charge on any atom is -0.493 e. The summed E-state index contributed by atoms with van der Waals surface area (Å²) in [6.07, 6.45) is 2.19. The minimum atomic E-state index is -0.139. The van der Waals surface area contributed by atoms with Crippen molar-refractivity contribution in [2.45, 2.75) is 23.6 Å². The van der Waals surface area contributed by atoms with Gasteiger partial charge in [0.25, 0.3) is 5.91 Å². The Balaban J connectivity index is 1.45. The van der Waals surface area contributed by atoms with Crippen LogP contribution >= 0.6 is 11.8 Å². The second-order valence-electron chi connectivity index (χ2n) is 7.70. The number of ether oxygens (including phenoxy) is 2. The number of methoxy groups -OCH3 is 2. The van der Waals surface area contributed by atoms with Gasteiger partial charge in [0.2, 0.25) is 0 Å². The van der Waals surface area contributed by atoms with Crippen LogP contribution in [-0.4, -0.2) is 31.2 Å². The number of fused-ring (bicyclic) bond motifs is 1. The molecule has 1 heterocycles. The molecule has 0 spiro atoms. The molecule has 0 aliphatic carbocycles. The molecule has 1 aromatic heterocycles. The van der Waals surface area contributed by atoms with Gasteiger partial charge in [-0.2, -0.15) is 0 Å². The summed E-state index contributed by atoms with van der Waals surface area (Å²) in [5.41, 5.74) is 3.01. The number of aromatic nitrogens is 1. The average molecular weight is 461 g/mol. The van der Waals surface area contributed by atoms with Gasteiger partial charge < -0.3 is 19.4 Å². The quantitative estimate of drug-likeness (QED) is 0.314. The molecule has 0 aliphatic rings. The Labute approximate surface area is 198 Å². The third-order valence-electron chi connectivity index (χ3n) is 5.61. The van der Waals surface area contributed by atoms with Gasteiger partial charge in [-0.05, 0) is 36.8 Å². The fourth-order valence-electron chi connectivity index (χ4n) is 3.84.